The highest BCUT2D eigenvalue weighted by molar-refractivity contribution is 5.91. The van der Waals surface area contributed by atoms with Crippen molar-refractivity contribution in [2.75, 3.05) is 25.0 Å². The number of likely N-dealkylation sites (tertiary alicyclic amines) is 1. The van der Waals surface area contributed by atoms with Crippen molar-refractivity contribution in [3.8, 4) is 5.75 Å². The molecule has 136 valence electrons. The molecule has 1 saturated heterocycles. The molecule has 2 aromatic rings. The topological polar surface area (TPSA) is 84.7 Å². The van der Waals surface area contributed by atoms with Gasteiger partial charge in [0.1, 0.15) is 5.75 Å². The molecule has 1 aliphatic heterocycles. The van der Waals surface area contributed by atoms with E-state index in [2.05, 4.69) is 10.2 Å². The fraction of sp³-hybridized carbons (Fsp3) is 0.316. The normalized spacial score (nSPS) is 14.2. The Balaban J connectivity index is 1.45. The van der Waals surface area contributed by atoms with E-state index >= 15 is 0 Å². The maximum absolute atomic E-state index is 12.0. The standard InChI is InChI=1S/C19H21N3O4/c23-19(14-26-18-9-7-17(8-10-18)22(24)25)20-16-5-3-15(4-6-16)13-21-11-1-2-12-21/h3-10H,1-2,11-14H2,(H,20,23). The second kappa shape index (κ2) is 8.44. The van der Waals surface area contributed by atoms with E-state index in [9.17, 15) is 14.9 Å². The van der Waals surface area contributed by atoms with Crippen molar-refractivity contribution >= 4 is 17.3 Å². The minimum Gasteiger partial charge on any atom is -0.484 e. The summed E-state index contributed by atoms with van der Waals surface area (Å²) in [7, 11) is 0. The maximum atomic E-state index is 12.0. The number of amides is 1. The van der Waals surface area contributed by atoms with Gasteiger partial charge < -0.3 is 10.1 Å². The van der Waals surface area contributed by atoms with Gasteiger partial charge in [0, 0.05) is 24.4 Å². The Morgan fingerprint density at radius 1 is 1.08 bits per heavy atom. The molecule has 2 aromatic carbocycles. The minimum atomic E-state index is -0.482. The number of nitrogens with zero attached hydrogens (tertiary/aromatic N) is 2. The number of rotatable bonds is 7. The first kappa shape index (κ1) is 17.9. The van der Waals surface area contributed by atoms with E-state index in [1.54, 1.807) is 0 Å². The number of nitro benzene ring substituents is 1. The van der Waals surface area contributed by atoms with E-state index in [0.717, 1.165) is 19.6 Å². The lowest BCUT2D eigenvalue weighted by atomic mass is 10.2. The van der Waals surface area contributed by atoms with Crippen LogP contribution in [0.5, 0.6) is 5.75 Å². The summed E-state index contributed by atoms with van der Waals surface area (Å²) < 4.78 is 5.35. The fourth-order valence-electron chi connectivity index (χ4n) is 2.90. The second-order valence-corrected chi connectivity index (χ2v) is 6.27. The van der Waals surface area contributed by atoms with Crippen LogP contribution in [0.4, 0.5) is 11.4 Å². The lowest BCUT2D eigenvalue weighted by molar-refractivity contribution is -0.384. The van der Waals surface area contributed by atoms with Crippen molar-refractivity contribution in [2.24, 2.45) is 0 Å². The number of carbonyl (C=O) groups is 1. The summed E-state index contributed by atoms with van der Waals surface area (Å²) >= 11 is 0. The van der Waals surface area contributed by atoms with Crippen LogP contribution in [-0.4, -0.2) is 35.4 Å². The Kier molecular flexibility index (Phi) is 5.80. The molecule has 7 heteroatoms. The molecule has 1 fully saturated rings. The average molecular weight is 355 g/mol. The number of anilines is 1. The van der Waals surface area contributed by atoms with Gasteiger partial charge in [-0.05, 0) is 55.8 Å². The van der Waals surface area contributed by atoms with Crippen LogP contribution in [0.1, 0.15) is 18.4 Å². The predicted molar refractivity (Wildman–Crippen MR) is 98.2 cm³/mol. The number of carbonyl (C=O) groups excluding carboxylic acids is 1. The molecule has 1 heterocycles. The highest BCUT2D eigenvalue weighted by atomic mass is 16.6. The van der Waals surface area contributed by atoms with E-state index in [4.69, 9.17) is 4.74 Å². The van der Waals surface area contributed by atoms with E-state index < -0.39 is 4.92 Å². The van der Waals surface area contributed by atoms with Gasteiger partial charge in [-0.3, -0.25) is 19.8 Å². The van der Waals surface area contributed by atoms with E-state index in [1.807, 2.05) is 24.3 Å². The van der Waals surface area contributed by atoms with Crippen LogP contribution in [-0.2, 0) is 11.3 Å². The first-order valence-electron chi connectivity index (χ1n) is 8.58. The van der Waals surface area contributed by atoms with E-state index in [0.29, 0.717) is 11.4 Å². The Hall–Kier alpha value is -2.93. The predicted octanol–water partition coefficient (Wildman–Crippen LogP) is 3.21. The number of nitro groups is 1. The van der Waals surface area contributed by atoms with Crippen LogP contribution < -0.4 is 10.1 Å². The zero-order chi connectivity index (χ0) is 18.4. The van der Waals surface area contributed by atoms with Crippen LogP contribution in [0, 0.1) is 10.1 Å². The summed E-state index contributed by atoms with van der Waals surface area (Å²) in [5.41, 5.74) is 1.93. The van der Waals surface area contributed by atoms with Crippen LogP contribution >= 0.6 is 0 Å². The van der Waals surface area contributed by atoms with Crippen LogP contribution in [0.3, 0.4) is 0 Å². The Morgan fingerprint density at radius 3 is 2.35 bits per heavy atom. The number of non-ortho nitro benzene ring substituents is 1. The number of hydrogen-bond acceptors (Lipinski definition) is 5. The molecule has 7 nitrogen and oxygen atoms in total. The summed E-state index contributed by atoms with van der Waals surface area (Å²) in [5, 5.41) is 13.4. The third-order valence-corrected chi connectivity index (χ3v) is 4.26. The molecule has 0 spiro atoms. The molecule has 0 bridgehead atoms. The van der Waals surface area contributed by atoms with Gasteiger partial charge in [0.05, 0.1) is 4.92 Å². The van der Waals surface area contributed by atoms with Crippen LogP contribution in [0.15, 0.2) is 48.5 Å². The third kappa shape index (κ3) is 5.03. The van der Waals surface area contributed by atoms with Gasteiger partial charge >= 0.3 is 0 Å². The SMILES string of the molecule is O=C(COc1ccc([N+](=O)[O-])cc1)Nc1ccc(CN2CCCC2)cc1. The molecule has 1 amide bonds. The first-order valence-corrected chi connectivity index (χ1v) is 8.58. The van der Waals surface area contributed by atoms with Crippen molar-refractivity contribution in [2.45, 2.75) is 19.4 Å². The van der Waals surface area contributed by atoms with Crippen molar-refractivity contribution in [1.29, 1.82) is 0 Å². The van der Waals surface area contributed by atoms with Crippen molar-refractivity contribution in [3.63, 3.8) is 0 Å². The molecular formula is C19H21N3O4. The van der Waals surface area contributed by atoms with Gasteiger partial charge in [0.2, 0.25) is 0 Å². The monoisotopic (exact) mass is 355 g/mol. The highest BCUT2D eigenvalue weighted by Gasteiger charge is 2.12. The van der Waals surface area contributed by atoms with Crippen molar-refractivity contribution in [3.05, 3.63) is 64.2 Å². The molecule has 0 aromatic heterocycles. The zero-order valence-corrected chi connectivity index (χ0v) is 14.4. The molecule has 1 N–H and O–H groups in total. The number of nitrogens with one attached hydrogen (secondary N) is 1. The van der Waals surface area contributed by atoms with Gasteiger partial charge in [-0.1, -0.05) is 12.1 Å². The molecule has 0 unspecified atom stereocenters. The first-order chi connectivity index (χ1) is 12.6. The summed E-state index contributed by atoms with van der Waals surface area (Å²) in [4.78, 5) is 24.5. The Labute approximate surface area is 151 Å². The summed E-state index contributed by atoms with van der Waals surface area (Å²) in [5.74, 6) is 0.127. The smallest absolute Gasteiger partial charge is 0.269 e. The molecule has 0 atom stereocenters. The van der Waals surface area contributed by atoms with Gasteiger partial charge in [-0.2, -0.15) is 0 Å². The number of benzene rings is 2. The quantitative estimate of drug-likeness (QED) is 0.609. The second-order valence-electron chi connectivity index (χ2n) is 6.27. The minimum absolute atomic E-state index is 0.0178. The molecule has 3 rings (SSSR count). The molecular weight excluding hydrogens is 334 g/mol. The molecule has 0 saturated carbocycles. The third-order valence-electron chi connectivity index (χ3n) is 4.26. The largest absolute Gasteiger partial charge is 0.484 e. The molecule has 1 aliphatic rings. The Bertz CT molecular complexity index is 753. The van der Waals surface area contributed by atoms with Gasteiger partial charge in [-0.15, -0.1) is 0 Å². The van der Waals surface area contributed by atoms with Crippen LogP contribution in [0.2, 0.25) is 0 Å². The summed E-state index contributed by atoms with van der Waals surface area (Å²) in [6, 6.07) is 13.4. The fourth-order valence-corrected chi connectivity index (χ4v) is 2.90. The van der Waals surface area contributed by atoms with Gasteiger partial charge in [0.25, 0.3) is 11.6 Å². The molecule has 0 radical (unpaired) electrons. The Morgan fingerprint density at radius 2 is 1.73 bits per heavy atom. The van der Waals surface area contributed by atoms with Crippen LogP contribution in [0.25, 0.3) is 0 Å². The van der Waals surface area contributed by atoms with E-state index in [-0.39, 0.29) is 18.2 Å². The lowest BCUT2D eigenvalue weighted by Gasteiger charge is -2.14. The van der Waals surface area contributed by atoms with Gasteiger partial charge in [-0.25, -0.2) is 0 Å². The molecule has 26 heavy (non-hydrogen) atoms. The molecule has 0 aliphatic carbocycles. The van der Waals surface area contributed by atoms with Crippen molar-refractivity contribution < 1.29 is 14.5 Å². The highest BCUT2D eigenvalue weighted by Crippen LogP contribution is 2.18. The summed E-state index contributed by atoms with van der Waals surface area (Å²) in [6.07, 6.45) is 2.53. The van der Waals surface area contributed by atoms with Gasteiger partial charge in [0.15, 0.2) is 6.61 Å². The average Bonchev–Trinajstić information content (AvgIpc) is 3.15. The zero-order valence-electron chi connectivity index (χ0n) is 14.4. The number of hydrogen-bond donors (Lipinski definition) is 1. The summed E-state index contributed by atoms with van der Waals surface area (Å²) in [6.45, 7) is 3.09. The lowest BCUT2D eigenvalue weighted by Crippen LogP contribution is -2.20. The maximum Gasteiger partial charge on any atom is 0.269 e. The van der Waals surface area contributed by atoms with Crippen molar-refractivity contribution in [1.82, 2.24) is 4.90 Å². The number of ether oxygens (including phenoxy) is 1. The van der Waals surface area contributed by atoms with E-state index in [1.165, 1.54) is 42.7 Å².